The third-order valence-electron chi connectivity index (χ3n) is 8.22. The van der Waals surface area contributed by atoms with Crippen LogP contribution in [0.15, 0.2) is 18.2 Å². The Morgan fingerprint density at radius 3 is 2.27 bits per heavy atom. The lowest BCUT2D eigenvalue weighted by molar-refractivity contribution is -0.179. The topological polar surface area (TPSA) is 115 Å². The summed E-state index contributed by atoms with van der Waals surface area (Å²) >= 11 is 6.21. The summed E-state index contributed by atoms with van der Waals surface area (Å²) in [6, 6.07) is 7.13. The number of nitriles is 1. The Hall–Kier alpha value is -2.44. The van der Waals surface area contributed by atoms with Crippen LogP contribution in [0.1, 0.15) is 69.3 Å². The lowest BCUT2D eigenvalue weighted by Gasteiger charge is -2.63. The quantitative estimate of drug-likeness (QED) is 0.457. The molecule has 2 fully saturated rings. The van der Waals surface area contributed by atoms with Crippen molar-refractivity contribution in [3.63, 3.8) is 0 Å². The SMILES string of the molecule is Cc1nc(N2CCC(CO)CC2)nc(C)c1C(O)NC1C(C)(C)C(Oc2ccc(C#N)c(Cl)c2)C1(C)C. The lowest BCUT2D eigenvalue weighted by atomic mass is 9.49. The third kappa shape index (κ3) is 5.15. The summed E-state index contributed by atoms with van der Waals surface area (Å²) in [5.74, 6) is 1.65. The van der Waals surface area contributed by atoms with Gasteiger partial charge in [-0.05, 0) is 44.7 Å². The van der Waals surface area contributed by atoms with Gasteiger partial charge in [-0.25, -0.2) is 9.97 Å². The molecule has 2 aliphatic rings. The van der Waals surface area contributed by atoms with Gasteiger partial charge in [-0.1, -0.05) is 39.3 Å². The van der Waals surface area contributed by atoms with Gasteiger partial charge in [-0.3, -0.25) is 5.32 Å². The van der Waals surface area contributed by atoms with Gasteiger partial charge >= 0.3 is 0 Å². The molecule has 1 aliphatic carbocycles. The van der Waals surface area contributed by atoms with Crippen LogP contribution in [-0.2, 0) is 0 Å². The number of hydrogen-bond donors (Lipinski definition) is 3. The van der Waals surface area contributed by atoms with Crippen LogP contribution in [0.25, 0.3) is 0 Å². The van der Waals surface area contributed by atoms with Crippen LogP contribution < -0.4 is 15.0 Å². The minimum Gasteiger partial charge on any atom is -0.489 e. The van der Waals surface area contributed by atoms with Gasteiger partial charge in [0, 0.05) is 48.2 Å². The number of nitrogens with one attached hydrogen (secondary N) is 1. The van der Waals surface area contributed by atoms with E-state index in [1.807, 2.05) is 13.8 Å². The van der Waals surface area contributed by atoms with Crippen LogP contribution in [0, 0.1) is 41.9 Å². The molecule has 4 rings (SSSR count). The first kappa shape index (κ1) is 27.6. The van der Waals surface area contributed by atoms with Crippen molar-refractivity contribution in [2.24, 2.45) is 16.7 Å². The average Bonchev–Trinajstić information content (AvgIpc) is 2.85. The van der Waals surface area contributed by atoms with Crippen LogP contribution in [0.2, 0.25) is 5.02 Å². The molecule has 37 heavy (non-hydrogen) atoms. The van der Waals surface area contributed by atoms with Gasteiger partial charge in [0.15, 0.2) is 0 Å². The Bertz CT molecular complexity index is 1150. The van der Waals surface area contributed by atoms with Crippen LogP contribution >= 0.6 is 11.6 Å². The molecular weight excluding hydrogens is 490 g/mol. The number of hydrogen-bond acceptors (Lipinski definition) is 8. The smallest absolute Gasteiger partial charge is 0.225 e. The van der Waals surface area contributed by atoms with E-state index in [0.717, 1.165) is 37.3 Å². The van der Waals surface area contributed by atoms with E-state index < -0.39 is 6.23 Å². The highest BCUT2D eigenvalue weighted by atomic mass is 35.5. The second-order valence-electron chi connectivity index (χ2n) is 11.6. The van der Waals surface area contributed by atoms with E-state index in [4.69, 9.17) is 31.6 Å². The van der Waals surface area contributed by atoms with E-state index in [-0.39, 0.29) is 29.6 Å². The predicted octanol–water partition coefficient (Wildman–Crippen LogP) is 4.29. The molecule has 1 unspecified atom stereocenters. The number of ether oxygens (including phenoxy) is 1. The molecule has 1 atom stereocenters. The standard InChI is InChI=1S/C28H38ClN5O3/c1-16-22(17(2)32-26(31-16)34-11-9-18(15-35)10-12-34)23(36)33-24-27(3,4)25(28(24,5)6)37-20-8-7-19(14-30)21(29)13-20/h7-8,13,18,23-25,33,35-36H,9-12,15H2,1-6H3. The summed E-state index contributed by atoms with van der Waals surface area (Å²) in [4.78, 5) is 11.6. The first-order chi connectivity index (χ1) is 17.4. The second kappa shape index (κ2) is 10.4. The maximum absolute atomic E-state index is 11.3. The highest BCUT2D eigenvalue weighted by molar-refractivity contribution is 6.31. The van der Waals surface area contributed by atoms with E-state index in [1.165, 1.54) is 0 Å². The number of halogens is 1. The summed E-state index contributed by atoms with van der Waals surface area (Å²) in [6.07, 6.45) is 0.779. The Labute approximate surface area is 224 Å². The number of piperidine rings is 1. The van der Waals surface area contributed by atoms with Gasteiger partial charge in [0.25, 0.3) is 0 Å². The summed E-state index contributed by atoms with van der Waals surface area (Å²) in [5.41, 5.74) is 2.01. The molecule has 0 amide bonds. The van der Waals surface area contributed by atoms with E-state index in [0.29, 0.717) is 33.8 Å². The van der Waals surface area contributed by atoms with Gasteiger partial charge in [0.05, 0.1) is 22.0 Å². The van der Waals surface area contributed by atoms with Crippen molar-refractivity contribution >= 4 is 17.5 Å². The van der Waals surface area contributed by atoms with Crippen LogP contribution in [0.5, 0.6) is 5.75 Å². The molecule has 3 N–H and O–H groups in total. The fraction of sp³-hybridized carbons (Fsp3) is 0.607. The summed E-state index contributed by atoms with van der Waals surface area (Å²) in [6.45, 7) is 14.2. The fourth-order valence-electron chi connectivity index (χ4n) is 6.45. The molecular formula is C28H38ClN5O3. The molecule has 0 radical (unpaired) electrons. The molecule has 2 aromatic rings. The average molecular weight is 528 g/mol. The number of nitrogens with zero attached hydrogens (tertiary/aromatic N) is 4. The van der Waals surface area contributed by atoms with Crippen molar-refractivity contribution in [1.29, 1.82) is 5.26 Å². The number of aliphatic hydroxyl groups excluding tert-OH is 2. The monoisotopic (exact) mass is 527 g/mol. The second-order valence-corrected chi connectivity index (χ2v) is 12.0. The zero-order valence-corrected chi connectivity index (χ0v) is 23.3. The summed E-state index contributed by atoms with van der Waals surface area (Å²) in [7, 11) is 0. The van der Waals surface area contributed by atoms with Gasteiger partial charge < -0.3 is 19.8 Å². The van der Waals surface area contributed by atoms with Crippen molar-refractivity contribution in [3.8, 4) is 11.8 Å². The zero-order valence-electron chi connectivity index (χ0n) is 22.5. The summed E-state index contributed by atoms with van der Waals surface area (Å²) < 4.78 is 6.36. The Morgan fingerprint density at radius 2 is 1.76 bits per heavy atom. The van der Waals surface area contributed by atoms with E-state index >= 15 is 0 Å². The first-order valence-electron chi connectivity index (χ1n) is 12.9. The highest BCUT2D eigenvalue weighted by Crippen LogP contribution is 2.56. The highest BCUT2D eigenvalue weighted by Gasteiger charge is 2.64. The minimum atomic E-state index is -0.928. The fourth-order valence-corrected chi connectivity index (χ4v) is 6.67. The van der Waals surface area contributed by atoms with Crippen LogP contribution in [-0.4, -0.2) is 52.0 Å². The molecule has 8 nitrogen and oxygen atoms in total. The molecule has 1 saturated heterocycles. The zero-order chi connectivity index (χ0) is 27.1. The molecule has 1 saturated carbocycles. The van der Waals surface area contributed by atoms with Crippen molar-refractivity contribution in [3.05, 3.63) is 45.7 Å². The van der Waals surface area contributed by atoms with Crippen molar-refractivity contribution < 1.29 is 14.9 Å². The molecule has 1 aromatic carbocycles. The first-order valence-corrected chi connectivity index (χ1v) is 13.3. The van der Waals surface area contributed by atoms with Crippen molar-refractivity contribution in [2.45, 2.75) is 72.8 Å². The number of aryl methyl sites for hydroxylation is 2. The minimum absolute atomic E-state index is 0.0511. The largest absolute Gasteiger partial charge is 0.489 e. The third-order valence-corrected chi connectivity index (χ3v) is 8.54. The molecule has 0 spiro atoms. The van der Waals surface area contributed by atoms with E-state index in [1.54, 1.807) is 18.2 Å². The number of aliphatic hydroxyl groups is 2. The van der Waals surface area contributed by atoms with Gasteiger partial charge in [-0.2, -0.15) is 5.26 Å². The Morgan fingerprint density at radius 1 is 1.16 bits per heavy atom. The maximum Gasteiger partial charge on any atom is 0.225 e. The van der Waals surface area contributed by atoms with Crippen molar-refractivity contribution in [2.75, 3.05) is 24.6 Å². The van der Waals surface area contributed by atoms with E-state index in [9.17, 15) is 10.2 Å². The number of rotatable bonds is 7. The van der Waals surface area contributed by atoms with Gasteiger partial charge in [0.1, 0.15) is 24.2 Å². The summed E-state index contributed by atoms with van der Waals surface area (Å²) in [5, 5.41) is 33.7. The molecule has 200 valence electrons. The van der Waals surface area contributed by atoms with Crippen molar-refractivity contribution in [1.82, 2.24) is 15.3 Å². The van der Waals surface area contributed by atoms with Crippen LogP contribution in [0.3, 0.4) is 0 Å². The lowest BCUT2D eigenvalue weighted by Crippen LogP contribution is -2.74. The van der Waals surface area contributed by atoms with Crippen LogP contribution in [0.4, 0.5) is 5.95 Å². The van der Waals surface area contributed by atoms with E-state index in [2.05, 4.69) is 44.0 Å². The maximum atomic E-state index is 11.3. The normalized spacial score (nSPS) is 23.7. The van der Waals surface area contributed by atoms with Gasteiger partial charge in [-0.15, -0.1) is 0 Å². The predicted molar refractivity (Wildman–Crippen MR) is 144 cm³/mol. The number of aromatic nitrogens is 2. The Kier molecular flexibility index (Phi) is 7.74. The molecule has 2 heterocycles. The van der Waals surface area contributed by atoms with Gasteiger partial charge in [0.2, 0.25) is 5.95 Å². The number of benzene rings is 1. The molecule has 1 aromatic heterocycles. The number of anilines is 1. The molecule has 0 bridgehead atoms. The molecule has 1 aliphatic heterocycles. The Balaban J connectivity index is 1.48. The molecule has 9 heteroatoms.